The van der Waals surface area contributed by atoms with Crippen molar-refractivity contribution in [3.05, 3.63) is 23.8 Å². The fourth-order valence-corrected chi connectivity index (χ4v) is 2.97. The molecule has 4 heteroatoms. The SMILES string of the molecule is CCC(C)N1CCN(c2cccc(OC)c2C(C)=O)CC1. The highest BCUT2D eigenvalue weighted by Gasteiger charge is 2.24. The molecule has 1 aromatic carbocycles. The van der Waals surface area contributed by atoms with E-state index in [0.717, 1.165) is 31.9 Å². The summed E-state index contributed by atoms with van der Waals surface area (Å²) in [5, 5.41) is 0. The highest BCUT2D eigenvalue weighted by molar-refractivity contribution is 6.02. The molecule has 1 fully saturated rings. The van der Waals surface area contributed by atoms with Gasteiger partial charge >= 0.3 is 0 Å². The molecule has 21 heavy (non-hydrogen) atoms. The molecule has 0 spiro atoms. The molecule has 0 amide bonds. The summed E-state index contributed by atoms with van der Waals surface area (Å²) < 4.78 is 5.36. The number of rotatable bonds is 5. The van der Waals surface area contributed by atoms with E-state index < -0.39 is 0 Å². The lowest BCUT2D eigenvalue weighted by molar-refractivity contribution is 0.101. The first-order valence-electron chi connectivity index (χ1n) is 7.75. The Morgan fingerprint density at radius 2 is 1.95 bits per heavy atom. The van der Waals surface area contributed by atoms with Crippen LogP contribution >= 0.6 is 0 Å². The molecule has 1 aliphatic heterocycles. The monoisotopic (exact) mass is 290 g/mol. The first-order chi connectivity index (χ1) is 10.1. The zero-order valence-corrected chi connectivity index (χ0v) is 13.6. The van der Waals surface area contributed by atoms with Crippen molar-refractivity contribution < 1.29 is 9.53 Å². The van der Waals surface area contributed by atoms with Crippen LogP contribution in [0.2, 0.25) is 0 Å². The maximum Gasteiger partial charge on any atom is 0.165 e. The van der Waals surface area contributed by atoms with Crippen molar-refractivity contribution in [3.8, 4) is 5.75 Å². The number of nitrogens with zero attached hydrogens (tertiary/aromatic N) is 2. The van der Waals surface area contributed by atoms with Gasteiger partial charge in [0.05, 0.1) is 18.4 Å². The van der Waals surface area contributed by atoms with E-state index in [-0.39, 0.29) is 5.78 Å². The fraction of sp³-hybridized carbons (Fsp3) is 0.588. The van der Waals surface area contributed by atoms with Gasteiger partial charge in [-0.3, -0.25) is 9.69 Å². The predicted octanol–water partition coefficient (Wildman–Crippen LogP) is 2.82. The molecule has 0 aromatic heterocycles. The molecule has 4 nitrogen and oxygen atoms in total. The van der Waals surface area contributed by atoms with Crippen LogP contribution in [0.4, 0.5) is 5.69 Å². The van der Waals surface area contributed by atoms with Gasteiger partial charge < -0.3 is 9.64 Å². The number of anilines is 1. The van der Waals surface area contributed by atoms with Crippen LogP contribution in [0.1, 0.15) is 37.6 Å². The summed E-state index contributed by atoms with van der Waals surface area (Å²) in [6.45, 7) is 10.1. The maximum atomic E-state index is 12.0. The molecular weight excluding hydrogens is 264 g/mol. The molecule has 1 saturated heterocycles. The van der Waals surface area contributed by atoms with Crippen LogP contribution < -0.4 is 9.64 Å². The third-order valence-electron chi connectivity index (χ3n) is 4.45. The van der Waals surface area contributed by atoms with Gasteiger partial charge in [-0.25, -0.2) is 0 Å². The van der Waals surface area contributed by atoms with E-state index in [4.69, 9.17) is 4.74 Å². The number of methoxy groups -OCH3 is 1. The normalized spacial score (nSPS) is 17.6. The number of piperazine rings is 1. The zero-order chi connectivity index (χ0) is 15.4. The fourth-order valence-electron chi connectivity index (χ4n) is 2.97. The first-order valence-corrected chi connectivity index (χ1v) is 7.75. The Labute approximate surface area is 127 Å². The summed E-state index contributed by atoms with van der Waals surface area (Å²) in [6.07, 6.45) is 1.18. The summed E-state index contributed by atoms with van der Waals surface area (Å²) in [5.74, 6) is 0.733. The second kappa shape index (κ2) is 6.94. The molecule has 1 unspecified atom stereocenters. The van der Waals surface area contributed by atoms with Gasteiger partial charge in [-0.1, -0.05) is 13.0 Å². The average Bonchev–Trinajstić information content (AvgIpc) is 2.53. The van der Waals surface area contributed by atoms with Crippen molar-refractivity contribution in [2.75, 3.05) is 38.2 Å². The van der Waals surface area contributed by atoms with Crippen LogP contribution in [-0.2, 0) is 0 Å². The van der Waals surface area contributed by atoms with Gasteiger partial charge in [-0.2, -0.15) is 0 Å². The number of ketones is 1. The molecule has 0 bridgehead atoms. The van der Waals surface area contributed by atoms with Crippen molar-refractivity contribution in [2.24, 2.45) is 0 Å². The number of ether oxygens (including phenoxy) is 1. The Bertz CT molecular complexity index is 494. The Morgan fingerprint density at radius 3 is 2.48 bits per heavy atom. The van der Waals surface area contributed by atoms with Crippen LogP contribution in [0, 0.1) is 0 Å². The van der Waals surface area contributed by atoms with Gasteiger partial charge in [-0.15, -0.1) is 0 Å². The van der Waals surface area contributed by atoms with E-state index in [0.29, 0.717) is 17.4 Å². The van der Waals surface area contributed by atoms with Crippen LogP contribution in [0.3, 0.4) is 0 Å². The minimum Gasteiger partial charge on any atom is -0.496 e. The van der Waals surface area contributed by atoms with E-state index in [9.17, 15) is 4.79 Å². The van der Waals surface area contributed by atoms with Gasteiger partial charge in [0.2, 0.25) is 0 Å². The quantitative estimate of drug-likeness (QED) is 0.781. The van der Waals surface area contributed by atoms with Crippen LogP contribution in [0.25, 0.3) is 0 Å². The summed E-state index contributed by atoms with van der Waals surface area (Å²) in [4.78, 5) is 16.8. The highest BCUT2D eigenvalue weighted by Crippen LogP contribution is 2.30. The lowest BCUT2D eigenvalue weighted by atomic mass is 10.1. The molecule has 1 heterocycles. The molecule has 2 rings (SSSR count). The Kier molecular flexibility index (Phi) is 5.23. The average molecular weight is 290 g/mol. The van der Waals surface area contributed by atoms with E-state index in [1.165, 1.54) is 6.42 Å². The van der Waals surface area contributed by atoms with Crippen molar-refractivity contribution >= 4 is 11.5 Å². The predicted molar refractivity (Wildman–Crippen MR) is 86.5 cm³/mol. The smallest absolute Gasteiger partial charge is 0.165 e. The molecule has 0 aliphatic carbocycles. The van der Waals surface area contributed by atoms with Gasteiger partial charge in [0.1, 0.15) is 5.75 Å². The van der Waals surface area contributed by atoms with E-state index >= 15 is 0 Å². The van der Waals surface area contributed by atoms with Crippen LogP contribution in [0.15, 0.2) is 18.2 Å². The van der Waals surface area contributed by atoms with E-state index in [1.54, 1.807) is 14.0 Å². The van der Waals surface area contributed by atoms with Gasteiger partial charge in [0.25, 0.3) is 0 Å². The zero-order valence-electron chi connectivity index (χ0n) is 13.6. The Hall–Kier alpha value is -1.55. The third kappa shape index (κ3) is 3.38. The van der Waals surface area contributed by atoms with Crippen LogP contribution in [0.5, 0.6) is 5.75 Å². The molecule has 1 aromatic rings. The topological polar surface area (TPSA) is 32.8 Å². The number of hydrogen-bond acceptors (Lipinski definition) is 4. The molecular formula is C17H26N2O2. The molecule has 0 saturated carbocycles. The first kappa shape index (κ1) is 15.8. The lowest BCUT2D eigenvalue weighted by Crippen LogP contribution is -2.49. The standard InChI is InChI=1S/C17H26N2O2/c1-5-13(2)18-9-11-19(12-10-18)15-7-6-8-16(21-4)17(15)14(3)20/h6-8,13H,5,9-12H2,1-4H3. The molecule has 116 valence electrons. The molecule has 1 aliphatic rings. The molecule has 1 atom stereocenters. The van der Waals surface area contributed by atoms with E-state index in [2.05, 4.69) is 23.6 Å². The van der Waals surface area contributed by atoms with Crippen molar-refractivity contribution in [1.82, 2.24) is 4.90 Å². The number of benzene rings is 1. The minimum atomic E-state index is 0.0619. The number of Topliss-reactive ketones (excluding diaryl/α,β-unsaturated/α-hetero) is 1. The van der Waals surface area contributed by atoms with Gasteiger partial charge in [-0.05, 0) is 32.4 Å². The van der Waals surface area contributed by atoms with Crippen molar-refractivity contribution in [2.45, 2.75) is 33.2 Å². The summed E-state index contributed by atoms with van der Waals surface area (Å²) >= 11 is 0. The minimum absolute atomic E-state index is 0.0619. The largest absolute Gasteiger partial charge is 0.496 e. The van der Waals surface area contributed by atoms with E-state index in [1.807, 2.05) is 18.2 Å². The summed E-state index contributed by atoms with van der Waals surface area (Å²) in [7, 11) is 1.62. The molecule has 0 radical (unpaired) electrons. The van der Waals surface area contributed by atoms with Crippen LogP contribution in [-0.4, -0.2) is 50.0 Å². The van der Waals surface area contributed by atoms with Gasteiger partial charge in [0, 0.05) is 32.2 Å². The van der Waals surface area contributed by atoms with Gasteiger partial charge in [0.15, 0.2) is 5.78 Å². The Morgan fingerprint density at radius 1 is 1.29 bits per heavy atom. The number of carbonyl (C=O) groups excluding carboxylic acids is 1. The van der Waals surface area contributed by atoms with Crippen molar-refractivity contribution in [3.63, 3.8) is 0 Å². The number of carbonyl (C=O) groups is 1. The molecule has 0 N–H and O–H groups in total. The summed E-state index contributed by atoms with van der Waals surface area (Å²) in [6, 6.07) is 6.47. The summed E-state index contributed by atoms with van der Waals surface area (Å²) in [5.41, 5.74) is 1.71. The lowest BCUT2D eigenvalue weighted by Gasteiger charge is -2.39. The Balaban J connectivity index is 2.19. The second-order valence-corrected chi connectivity index (χ2v) is 5.69. The second-order valence-electron chi connectivity index (χ2n) is 5.69. The maximum absolute atomic E-state index is 12.0. The third-order valence-corrected chi connectivity index (χ3v) is 4.45. The highest BCUT2D eigenvalue weighted by atomic mass is 16.5. The van der Waals surface area contributed by atoms with Crippen molar-refractivity contribution in [1.29, 1.82) is 0 Å². The number of hydrogen-bond donors (Lipinski definition) is 0.